The molecule has 0 aliphatic carbocycles. The van der Waals surface area contributed by atoms with Crippen molar-refractivity contribution in [3.05, 3.63) is 42.1 Å². The van der Waals surface area contributed by atoms with Crippen LogP contribution in [0.2, 0.25) is 0 Å². The van der Waals surface area contributed by atoms with E-state index < -0.39 is 18.0 Å². The average Bonchev–Trinajstić information content (AvgIpc) is 2.44. The van der Waals surface area contributed by atoms with Crippen LogP contribution in [0, 0.1) is 0 Å². The van der Waals surface area contributed by atoms with E-state index in [2.05, 4.69) is 15.6 Å². The Labute approximate surface area is 122 Å². The summed E-state index contributed by atoms with van der Waals surface area (Å²) in [5.41, 5.74) is 1.76. The molecule has 2 rings (SSSR count). The molecular formula is C15H17N3O3. The maximum atomic E-state index is 11.7. The number of carboxylic acids is 1. The number of nitrogens with zero attached hydrogens (tertiary/aromatic N) is 1. The van der Waals surface area contributed by atoms with E-state index in [0.717, 1.165) is 16.5 Å². The molecule has 2 amide bonds. The number of carbonyl (C=O) groups excluding carboxylic acids is 1. The predicted molar refractivity (Wildman–Crippen MR) is 78.8 cm³/mol. The van der Waals surface area contributed by atoms with Gasteiger partial charge >= 0.3 is 12.0 Å². The Kier molecular flexibility index (Phi) is 4.71. The molecule has 1 atom stereocenters. The molecule has 1 aromatic heterocycles. The molecule has 0 saturated carbocycles. The quantitative estimate of drug-likeness (QED) is 0.783. The van der Waals surface area contributed by atoms with E-state index in [1.165, 1.54) is 0 Å². The smallest absolute Gasteiger partial charge is 0.315 e. The summed E-state index contributed by atoms with van der Waals surface area (Å²) in [7, 11) is 0. The molecule has 6 heteroatoms. The van der Waals surface area contributed by atoms with Gasteiger partial charge in [-0.25, -0.2) is 4.79 Å². The fourth-order valence-corrected chi connectivity index (χ4v) is 2.07. The van der Waals surface area contributed by atoms with Gasteiger partial charge in [-0.1, -0.05) is 24.3 Å². The number of fused-ring (bicyclic) bond motifs is 1. The molecule has 0 saturated heterocycles. The third-order valence-electron chi connectivity index (χ3n) is 3.01. The van der Waals surface area contributed by atoms with Gasteiger partial charge in [-0.3, -0.25) is 9.78 Å². The zero-order chi connectivity index (χ0) is 15.2. The predicted octanol–water partition coefficient (Wildman–Crippen LogP) is 1.90. The Morgan fingerprint density at radius 1 is 1.29 bits per heavy atom. The van der Waals surface area contributed by atoms with Crippen molar-refractivity contribution in [1.82, 2.24) is 15.6 Å². The normalized spacial score (nSPS) is 11.9. The molecule has 0 aliphatic heterocycles. The van der Waals surface area contributed by atoms with Gasteiger partial charge < -0.3 is 15.7 Å². The maximum absolute atomic E-state index is 11.7. The first-order valence-electron chi connectivity index (χ1n) is 6.65. The number of nitrogens with one attached hydrogen (secondary N) is 2. The van der Waals surface area contributed by atoms with Gasteiger partial charge in [0.05, 0.1) is 11.9 Å². The Bertz CT molecular complexity index is 652. The van der Waals surface area contributed by atoms with Crippen LogP contribution in [0.15, 0.2) is 36.5 Å². The molecule has 21 heavy (non-hydrogen) atoms. The second kappa shape index (κ2) is 6.69. The lowest BCUT2D eigenvalue weighted by atomic mass is 10.1. The third-order valence-corrected chi connectivity index (χ3v) is 3.01. The van der Waals surface area contributed by atoms with Gasteiger partial charge in [-0.2, -0.15) is 0 Å². The number of para-hydroxylation sites is 1. The molecule has 0 aliphatic rings. The molecule has 1 aromatic carbocycles. The summed E-state index contributed by atoms with van der Waals surface area (Å²) in [5, 5.41) is 14.9. The van der Waals surface area contributed by atoms with E-state index in [9.17, 15) is 9.59 Å². The highest BCUT2D eigenvalue weighted by molar-refractivity contribution is 5.82. The molecule has 1 unspecified atom stereocenters. The van der Waals surface area contributed by atoms with Gasteiger partial charge in [0.2, 0.25) is 0 Å². The van der Waals surface area contributed by atoms with E-state index in [1.807, 2.05) is 30.3 Å². The van der Waals surface area contributed by atoms with E-state index in [-0.39, 0.29) is 6.42 Å². The number of carboxylic acid groups (broad SMARTS) is 1. The van der Waals surface area contributed by atoms with Crippen molar-refractivity contribution in [3.63, 3.8) is 0 Å². The SMILES string of the molecule is CC(CC(=O)O)NC(=O)NCc1cccc2cccnc12. The zero-order valence-electron chi connectivity index (χ0n) is 11.7. The van der Waals surface area contributed by atoms with Crippen LogP contribution in [0.3, 0.4) is 0 Å². The van der Waals surface area contributed by atoms with Crippen LogP contribution >= 0.6 is 0 Å². The van der Waals surface area contributed by atoms with Crippen molar-refractivity contribution in [3.8, 4) is 0 Å². The number of hydrogen-bond acceptors (Lipinski definition) is 3. The number of benzene rings is 1. The van der Waals surface area contributed by atoms with E-state index in [0.29, 0.717) is 6.54 Å². The molecule has 2 aromatic rings. The van der Waals surface area contributed by atoms with Gasteiger partial charge in [0.1, 0.15) is 0 Å². The van der Waals surface area contributed by atoms with Crippen LogP contribution in [0.1, 0.15) is 18.9 Å². The summed E-state index contributed by atoms with van der Waals surface area (Å²) in [5.74, 6) is -0.943. The fourth-order valence-electron chi connectivity index (χ4n) is 2.07. The standard InChI is InChI=1S/C15H17N3O3/c1-10(8-13(19)20)18-15(21)17-9-12-5-2-4-11-6-3-7-16-14(11)12/h2-7,10H,8-9H2,1H3,(H,19,20)(H2,17,18,21). The summed E-state index contributed by atoms with van der Waals surface area (Å²) in [6.07, 6.45) is 1.60. The van der Waals surface area contributed by atoms with Crippen molar-refractivity contribution < 1.29 is 14.7 Å². The molecule has 0 spiro atoms. The van der Waals surface area contributed by atoms with Gasteiger partial charge in [0.15, 0.2) is 0 Å². The minimum absolute atomic E-state index is 0.108. The average molecular weight is 287 g/mol. The van der Waals surface area contributed by atoms with Crippen molar-refractivity contribution in [2.45, 2.75) is 25.9 Å². The topological polar surface area (TPSA) is 91.3 Å². The highest BCUT2D eigenvalue weighted by Crippen LogP contribution is 2.15. The molecule has 6 nitrogen and oxygen atoms in total. The lowest BCUT2D eigenvalue weighted by molar-refractivity contribution is -0.137. The number of amides is 2. The Balaban J connectivity index is 1.95. The van der Waals surface area contributed by atoms with Crippen molar-refractivity contribution in [2.24, 2.45) is 0 Å². The number of aliphatic carboxylic acids is 1. The number of carbonyl (C=O) groups is 2. The molecule has 0 radical (unpaired) electrons. The third kappa shape index (κ3) is 4.17. The van der Waals surface area contributed by atoms with E-state index in [4.69, 9.17) is 5.11 Å². The minimum Gasteiger partial charge on any atom is -0.481 e. The molecule has 0 fully saturated rings. The molecule has 110 valence electrons. The maximum Gasteiger partial charge on any atom is 0.315 e. The minimum atomic E-state index is -0.943. The van der Waals surface area contributed by atoms with Crippen molar-refractivity contribution >= 4 is 22.9 Å². The Hall–Kier alpha value is -2.63. The lowest BCUT2D eigenvalue weighted by Crippen LogP contribution is -2.41. The van der Waals surface area contributed by atoms with E-state index in [1.54, 1.807) is 13.1 Å². The number of pyridine rings is 1. The number of hydrogen-bond donors (Lipinski definition) is 3. The second-order valence-electron chi connectivity index (χ2n) is 4.82. The Morgan fingerprint density at radius 3 is 2.81 bits per heavy atom. The van der Waals surface area contributed by atoms with Gasteiger partial charge in [-0.15, -0.1) is 0 Å². The fraction of sp³-hybridized carbons (Fsp3) is 0.267. The summed E-state index contributed by atoms with van der Waals surface area (Å²) in [4.78, 5) is 26.6. The van der Waals surface area contributed by atoms with Crippen molar-refractivity contribution in [1.29, 1.82) is 0 Å². The number of rotatable bonds is 5. The second-order valence-corrected chi connectivity index (χ2v) is 4.82. The molecule has 3 N–H and O–H groups in total. The van der Waals surface area contributed by atoms with Gasteiger partial charge in [-0.05, 0) is 18.6 Å². The Morgan fingerprint density at radius 2 is 2.05 bits per heavy atom. The monoisotopic (exact) mass is 287 g/mol. The highest BCUT2D eigenvalue weighted by Gasteiger charge is 2.11. The molecular weight excluding hydrogens is 270 g/mol. The number of aromatic nitrogens is 1. The first-order chi connectivity index (χ1) is 10.1. The lowest BCUT2D eigenvalue weighted by Gasteiger charge is -2.13. The van der Waals surface area contributed by atoms with Crippen LogP contribution in [0.5, 0.6) is 0 Å². The van der Waals surface area contributed by atoms with Gasteiger partial charge in [0.25, 0.3) is 0 Å². The summed E-state index contributed by atoms with van der Waals surface area (Å²) < 4.78 is 0. The van der Waals surface area contributed by atoms with Crippen LogP contribution in [0.4, 0.5) is 4.79 Å². The zero-order valence-corrected chi connectivity index (χ0v) is 11.7. The summed E-state index contributed by atoms with van der Waals surface area (Å²) in [6, 6.07) is 8.77. The van der Waals surface area contributed by atoms with Crippen LogP contribution in [0.25, 0.3) is 10.9 Å². The van der Waals surface area contributed by atoms with Gasteiger partial charge in [0, 0.05) is 24.2 Å². The van der Waals surface area contributed by atoms with Crippen LogP contribution in [-0.2, 0) is 11.3 Å². The summed E-state index contributed by atoms with van der Waals surface area (Å²) >= 11 is 0. The number of urea groups is 1. The largest absolute Gasteiger partial charge is 0.481 e. The first-order valence-corrected chi connectivity index (χ1v) is 6.65. The highest BCUT2D eigenvalue weighted by atomic mass is 16.4. The summed E-state index contributed by atoms with van der Waals surface area (Å²) in [6.45, 7) is 1.98. The van der Waals surface area contributed by atoms with Crippen LogP contribution < -0.4 is 10.6 Å². The van der Waals surface area contributed by atoms with E-state index >= 15 is 0 Å². The molecule has 0 bridgehead atoms. The molecule has 1 heterocycles. The first kappa shape index (κ1) is 14.8. The van der Waals surface area contributed by atoms with Crippen molar-refractivity contribution in [2.75, 3.05) is 0 Å². The van der Waals surface area contributed by atoms with Crippen LogP contribution in [-0.4, -0.2) is 28.1 Å².